The lowest BCUT2D eigenvalue weighted by Crippen LogP contribution is -2.23. The van der Waals surface area contributed by atoms with Gasteiger partial charge < -0.3 is 5.32 Å². The van der Waals surface area contributed by atoms with Crippen molar-refractivity contribution >= 4 is 54.5 Å². The summed E-state index contributed by atoms with van der Waals surface area (Å²) in [6.45, 7) is 0. The van der Waals surface area contributed by atoms with Gasteiger partial charge in [0.2, 0.25) is 0 Å². The van der Waals surface area contributed by atoms with Gasteiger partial charge in [0.25, 0.3) is 11.5 Å². The summed E-state index contributed by atoms with van der Waals surface area (Å²) in [6.07, 6.45) is 2.91. The Morgan fingerprint density at radius 3 is 2.50 bits per heavy atom. The van der Waals surface area contributed by atoms with E-state index in [2.05, 4.69) is 57.6 Å². The summed E-state index contributed by atoms with van der Waals surface area (Å²) in [4.78, 5) is 27.5. The minimum Gasteiger partial charge on any atom is -0.321 e. The topological polar surface area (TPSA) is 50.6 Å². The van der Waals surface area contributed by atoms with Crippen LogP contribution in [0.1, 0.15) is 45.9 Å². The fourth-order valence-corrected chi connectivity index (χ4v) is 6.64. The number of carbonyl (C=O) groups excluding carboxylic acids is 1. The SMILES string of the molecule is O=C(Nc1ccccc1)c1c(Br)sc2c(C3CC3)c(Cc3cccc4ccccc34)cc(=O)n12. The maximum Gasteiger partial charge on any atom is 0.274 e. The molecule has 6 rings (SSSR count). The number of pyridine rings is 1. The molecule has 1 saturated carbocycles. The molecule has 0 spiro atoms. The zero-order chi connectivity index (χ0) is 23.2. The van der Waals surface area contributed by atoms with Crippen molar-refractivity contribution in [1.29, 1.82) is 0 Å². The van der Waals surface area contributed by atoms with E-state index in [-0.39, 0.29) is 11.5 Å². The molecule has 1 amide bonds. The Labute approximate surface area is 209 Å². The third-order valence-electron chi connectivity index (χ3n) is 6.39. The Hall–Kier alpha value is -3.22. The molecule has 0 saturated heterocycles. The first-order valence-electron chi connectivity index (χ1n) is 11.3. The number of thiazole rings is 1. The van der Waals surface area contributed by atoms with Gasteiger partial charge >= 0.3 is 0 Å². The molecule has 1 aliphatic carbocycles. The van der Waals surface area contributed by atoms with Crippen LogP contribution in [0.25, 0.3) is 15.6 Å². The molecular weight excluding hydrogens is 508 g/mol. The van der Waals surface area contributed by atoms with Crippen LogP contribution >= 0.6 is 27.3 Å². The second-order valence-electron chi connectivity index (χ2n) is 8.70. The number of carbonyl (C=O) groups is 1. The highest BCUT2D eigenvalue weighted by Gasteiger charge is 2.32. The summed E-state index contributed by atoms with van der Waals surface area (Å²) in [5.74, 6) is 0.131. The van der Waals surface area contributed by atoms with Gasteiger partial charge in [-0.2, -0.15) is 0 Å². The Balaban J connectivity index is 1.48. The van der Waals surface area contributed by atoms with E-state index in [4.69, 9.17) is 0 Å². The molecule has 0 aliphatic heterocycles. The van der Waals surface area contributed by atoms with Crippen molar-refractivity contribution in [2.75, 3.05) is 5.32 Å². The smallest absolute Gasteiger partial charge is 0.274 e. The number of anilines is 1. The molecule has 6 heteroatoms. The van der Waals surface area contributed by atoms with Crippen LogP contribution in [0.15, 0.2) is 87.4 Å². The van der Waals surface area contributed by atoms with Crippen molar-refractivity contribution in [3.05, 3.63) is 115 Å². The monoisotopic (exact) mass is 528 g/mol. The van der Waals surface area contributed by atoms with E-state index in [0.717, 1.165) is 23.2 Å². The number of nitrogens with zero attached hydrogens (tertiary/aromatic N) is 1. The van der Waals surface area contributed by atoms with Gasteiger partial charge in [-0.3, -0.25) is 14.0 Å². The molecular formula is C28H21BrN2O2S. The van der Waals surface area contributed by atoms with Crippen LogP contribution in [0.3, 0.4) is 0 Å². The first-order valence-corrected chi connectivity index (χ1v) is 12.9. The number of benzene rings is 3. The van der Waals surface area contributed by atoms with Crippen molar-refractivity contribution in [2.45, 2.75) is 25.2 Å². The molecule has 0 bridgehead atoms. The van der Waals surface area contributed by atoms with Gasteiger partial charge in [-0.25, -0.2) is 0 Å². The fourth-order valence-electron chi connectivity index (χ4n) is 4.69. The van der Waals surface area contributed by atoms with E-state index in [0.29, 0.717) is 27.5 Å². The fraction of sp³-hybridized carbons (Fsp3) is 0.143. The highest BCUT2D eigenvalue weighted by molar-refractivity contribution is 9.11. The molecule has 168 valence electrons. The highest BCUT2D eigenvalue weighted by atomic mass is 79.9. The average Bonchev–Trinajstić information content (AvgIpc) is 3.61. The number of rotatable bonds is 5. The standard InChI is InChI=1S/C28H21BrN2O2S/c29-26-25(27(33)30-21-10-2-1-3-11-21)31-23(32)16-20(24(18-13-14-18)28(31)34-26)15-19-9-6-8-17-7-4-5-12-22(17)19/h1-12,16,18H,13-15H2,(H,30,33). The number of hydrogen-bond donors (Lipinski definition) is 1. The Bertz CT molecular complexity index is 1610. The van der Waals surface area contributed by atoms with Gasteiger partial charge in [-0.15, -0.1) is 11.3 Å². The van der Waals surface area contributed by atoms with E-state index in [9.17, 15) is 9.59 Å². The molecule has 5 aromatic rings. The molecule has 2 aromatic heterocycles. The number of para-hydroxylation sites is 1. The van der Waals surface area contributed by atoms with Gasteiger partial charge in [-0.1, -0.05) is 60.7 Å². The molecule has 0 unspecified atom stereocenters. The van der Waals surface area contributed by atoms with Gasteiger partial charge in [0.05, 0.1) is 0 Å². The number of halogens is 1. The number of aromatic nitrogens is 1. The van der Waals surface area contributed by atoms with Crippen LogP contribution < -0.4 is 10.9 Å². The predicted molar refractivity (Wildman–Crippen MR) is 142 cm³/mol. The summed E-state index contributed by atoms with van der Waals surface area (Å²) < 4.78 is 2.26. The zero-order valence-corrected chi connectivity index (χ0v) is 20.7. The Kier molecular flexibility index (Phi) is 5.35. The zero-order valence-electron chi connectivity index (χ0n) is 18.3. The molecule has 3 aromatic carbocycles. The summed E-state index contributed by atoms with van der Waals surface area (Å²) >= 11 is 5.06. The second kappa shape index (κ2) is 8.53. The first kappa shape index (κ1) is 21.3. The lowest BCUT2D eigenvalue weighted by molar-refractivity contribution is 0.102. The predicted octanol–water partition coefficient (Wildman–Crippen LogP) is 7.00. The number of fused-ring (bicyclic) bond motifs is 2. The van der Waals surface area contributed by atoms with Crippen LogP contribution in [-0.2, 0) is 6.42 Å². The summed E-state index contributed by atoms with van der Waals surface area (Å²) in [5.41, 5.74) is 4.36. The van der Waals surface area contributed by atoms with Crippen LogP contribution in [0.2, 0.25) is 0 Å². The molecule has 1 aliphatic rings. The van der Waals surface area contributed by atoms with E-state index in [1.807, 2.05) is 36.4 Å². The third kappa shape index (κ3) is 3.77. The van der Waals surface area contributed by atoms with Gasteiger partial charge in [0.1, 0.15) is 14.3 Å². The Morgan fingerprint density at radius 2 is 1.71 bits per heavy atom. The third-order valence-corrected chi connectivity index (χ3v) is 8.22. The van der Waals surface area contributed by atoms with E-state index in [1.54, 1.807) is 10.5 Å². The first-order chi connectivity index (χ1) is 16.6. The normalized spacial score (nSPS) is 13.4. The number of nitrogens with one attached hydrogen (secondary N) is 1. The van der Waals surface area contributed by atoms with E-state index >= 15 is 0 Å². The molecule has 1 fully saturated rings. The molecule has 34 heavy (non-hydrogen) atoms. The molecule has 2 heterocycles. The number of hydrogen-bond acceptors (Lipinski definition) is 3. The van der Waals surface area contributed by atoms with Gasteiger partial charge in [0.15, 0.2) is 0 Å². The molecule has 4 nitrogen and oxygen atoms in total. The molecule has 0 radical (unpaired) electrons. The summed E-state index contributed by atoms with van der Waals surface area (Å²) in [6, 6.07) is 25.7. The van der Waals surface area contributed by atoms with Crippen LogP contribution in [0, 0.1) is 0 Å². The number of amides is 1. The van der Waals surface area contributed by atoms with Crippen LogP contribution in [0.5, 0.6) is 0 Å². The lowest BCUT2D eigenvalue weighted by atomic mass is 9.95. The average molecular weight is 529 g/mol. The molecule has 1 N–H and O–H groups in total. The lowest BCUT2D eigenvalue weighted by Gasteiger charge is -2.13. The van der Waals surface area contributed by atoms with Crippen molar-refractivity contribution in [3.8, 4) is 0 Å². The highest BCUT2D eigenvalue weighted by Crippen LogP contribution is 2.46. The van der Waals surface area contributed by atoms with Crippen molar-refractivity contribution < 1.29 is 4.79 Å². The van der Waals surface area contributed by atoms with Gasteiger partial charge in [-0.05, 0) is 80.7 Å². The maximum absolute atomic E-state index is 13.4. The van der Waals surface area contributed by atoms with Crippen LogP contribution in [0.4, 0.5) is 5.69 Å². The van der Waals surface area contributed by atoms with Gasteiger partial charge in [0, 0.05) is 11.8 Å². The molecule has 0 atom stereocenters. The Morgan fingerprint density at radius 1 is 0.971 bits per heavy atom. The quantitative estimate of drug-likeness (QED) is 0.267. The summed E-state index contributed by atoms with van der Waals surface area (Å²) in [7, 11) is 0. The second-order valence-corrected chi connectivity index (χ2v) is 11.0. The minimum absolute atomic E-state index is 0.171. The largest absolute Gasteiger partial charge is 0.321 e. The van der Waals surface area contributed by atoms with Crippen molar-refractivity contribution in [2.24, 2.45) is 0 Å². The summed E-state index contributed by atoms with van der Waals surface area (Å²) in [5, 5.41) is 5.33. The minimum atomic E-state index is -0.296. The van der Waals surface area contributed by atoms with Crippen molar-refractivity contribution in [3.63, 3.8) is 0 Å². The maximum atomic E-state index is 13.4. The van der Waals surface area contributed by atoms with E-state index in [1.165, 1.54) is 33.2 Å². The van der Waals surface area contributed by atoms with Crippen LogP contribution in [-0.4, -0.2) is 10.3 Å². The van der Waals surface area contributed by atoms with Crippen molar-refractivity contribution in [1.82, 2.24) is 4.40 Å². The van der Waals surface area contributed by atoms with E-state index < -0.39 is 0 Å².